The molecule has 0 spiro atoms. The zero-order valence-electron chi connectivity index (χ0n) is 14.5. The maximum Gasteiger partial charge on any atom is 0.219 e. The maximum absolute atomic E-state index is 12.3. The molecule has 1 fully saturated rings. The van der Waals surface area contributed by atoms with Gasteiger partial charge in [-0.15, -0.1) is 24.0 Å². The number of rotatable bonds is 4. The Morgan fingerprint density at radius 1 is 1.12 bits per heavy atom. The molecule has 140 valence electrons. The van der Waals surface area contributed by atoms with Crippen LogP contribution in [0.1, 0.15) is 6.92 Å². The van der Waals surface area contributed by atoms with Crippen LogP contribution in [0.5, 0.6) is 0 Å². The quantitative estimate of drug-likeness (QED) is 0.392. The van der Waals surface area contributed by atoms with Crippen LogP contribution in [-0.2, 0) is 14.6 Å². The first-order valence-electron chi connectivity index (χ1n) is 7.93. The van der Waals surface area contributed by atoms with E-state index in [1.165, 1.54) is 0 Å². The van der Waals surface area contributed by atoms with E-state index in [1.807, 2.05) is 4.90 Å². The lowest BCUT2D eigenvalue weighted by atomic mass is 10.3. The molecule has 1 aliphatic rings. The van der Waals surface area contributed by atoms with Crippen molar-refractivity contribution in [3.63, 3.8) is 0 Å². The lowest BCUT2D eigenvalue weighted by Crippen LogP contribution is -2.53. The molecular formula is C16H25IN4O3S. The third-order valence-electron chi connectivity index (χ3n) is 3.99. The van der Waals surface area contributed by atoms with E-state index in [1.54, 1.807) is 49.2 Å². The summed E-state index contributed by atoms with van der Waals surface area (Å²) >= 11 is 0. The summed E-state index contributed by atoms with van der Waals surface area (Å²) in [5, 5.41) is 3.10. The van der Waals surface area contributed by atoms with Gasteiger partial charge in [-0.3, -0.25) is 9.79 Å². The van der Waals surface area contributed by atoms with Gasteiger partial charge in [0.15, 0.2) is 15.8 Å². The zero-order valence-corrected chi connectivity index (χ0v) is 17.7. The largest absolute Gasteiger partial charge is 0.355 e. The lowest BCUT2D eigenvalue weighted by molar-refractivity contribution is -0.130. The van der Waals surface area contributed by atoms with Crippen molar-refractivity contribution in [3.05, 3.63) is 30.3 Å². The monoisotopic (exact) mass is 480 g/mol. The third kappa shape index (κ3) is 6.14. The molecule has 9 heteroatoms. The number of sulfone groups is 1. The standard InChI is InChI=1S/C16H24N4O3S.HI/c1-14(21)19-9-11-20(12-10-19)16(17-2)18-8-13-24(22,23)15-6-4-3-5-7-15;/h3-7H,8-13H2,1-2H3,(H,17,18);1H. The summed E-state index contributed by atoms with van der Waals surface area (Å²) in [6.07, 6.45) is 0. The summed E-state index contributed by atoms with van der Waals surface area (Å²) in [6, 6.07) is 8.43. The predicted octanol–water partition coefficient (Wildman–Crippen LogP) is 0.818. The molecule has 0 saturated carbocycles. The fourth-order valence-electron chi connectivity index (χ4n) is 2.61. The van der Waals surface area contributed by atoms with E-state index in [-0.39, 0.29) is 42.2 Å². The molecular weight excluding hydrogens is 455 g/mol. The van der Waals surface area contributed by atoms with Crippen molar-refractivity contribution in [2.45, 2.75) is 11.8 Å². The molecule has 1 saturated heterocycles. The van der Waals surface area contributed by atoms with Crippen LogP contribution in [0, 0.1) is 0 Å². The second-order valence-corrected chi connectivity index (χ2v) is 7.71. The van der Waals surface area contributed by atoms with Crippen molar-refractivity contribution in [1.82, 2.24) is 15.1 Å². The topological polar surface area (TPSA) is 82.1 Å². The molecule has 0 radical (unpaired) electrons. The van der Waals surface area contributed by atoms with Crippen molar-refractivity contribution < 1.29 is 13.2 Å². The van der Waals surface area contributed by atoms with Crippen LogP contribution in [0.25, 0.3) is 0 Å². The number of halogens is 1. The summed E-state index contributed by atoms with van der Waals surface area (Å²) in [6.45, 7) is 4.53. The van der Waals surface area contributed by atoms with Crippen molar-refractivity contribution >= 4 is 45.7 Å². The molecule has 1 aliphatic heterocycles. The first-order valence-corrected chi connectivity index (χ1v) is 9.58. The van der Waals surface area contributed by atoms with E-state index in [9.17, 15) is 13.2 Å². The number of amides is 1. The number of carbonyl (C=O) groups is 1. The van der Waals surface area contributed by atoms with E-state index < -0.39 is 9.84 Å². The molecule has 25 heavy (non-hydrogen) atoms. The van der Waals surface area contributed by atoms with Gasteiger partial charge in [-0.2, -0.15) is 0 Å². The smallest absolute Gasteiger partial charge is 0.219 e. The highest BCUT2D eigenvalue weighted by Crippen LogP contribution is 2.09. The molecule has 0 bridgehead atoms. The molecule has 0 aromatic heterocycles. The van der Waals surface area contributed by atoms with Crippen LogP contribution < -0.4 is 5.32 Å². The highest BCUT2D eigenvalue weighted by atomic mass is 127. The lowest BCUT2D eigenvalue weighted by Gasteiger charge is -2.36. The Labute approximate surface area is 166 Å². The second-order valence-electron chi connectivity index (χ2n) is 5.60. The van der Waals surface area contributed by atoms with Crippen LogP contribution in [0.4, 0.5) is 0 Å². The van der Waals surface area contributed by atoms with Gasteiger partial charge in [-0.25, -0.2) is 8.42 Å². The molecule has 2 rings (SSSR count). The number of nitrogens with one attached hydrogen (secondary N) is 1. The Kier molecular flexibility index (Phi) is 8.63. The van der Waals surface area contributed by atoms with Crippen LogP contribution >= 0.6 is 24.0 Å². The Bertz CT molecular complexity index is 687. The summed E-state index contributed by atoms with van der Waals surface area (Å²) in [5.41, 5.74) is 0. The van der Waals surface area contributed by atoms with Gasteiger partial charge in [0.25, 0.3) is 0 Å². The van der Waals surface area contributed by atoms with Crippen LogP contribution in [0.3, 0.4) is 0 Å². The third-order valence-corrected chi connectivity index (χ3v) is 5.72. The van der Waals surface area contributed by atoms with Crippen molar-refractivity contribution in [2.24, 2.45) is 4.99 Å². The van der Waals surface area contributed by atoms with E-state index in [0.717, 1.165) is 0 Å². The summed E-state index contributed by atoms with van der Waals surface area (Å²) in [5.74, 6) is 0.747. The van der Waals surface area contributed by atoms with Gasteiger partial charge in [0.05, 0.1) is 10.6 Å². The second kappa shape index (κ2) is 9.95. The molecule has 0 atom stereocenters. The first kappa shape index (κ1) is 21.7. The highest BCUT2D eigenvalue weighted by molar-refractivity contribution is 14.0. The zero-order chi connectivity index (χ0) is 17.6. The number of aliphatic imine (C=N–C) groups is 1. The molecule has 0 unspecified atom stereocenters. The molecule has 1 aromatic rings. The van der Waals surface area contributed by atoms with Gasteiger partial charge in [0, 0.05) is 46.7 Å². The summed E-state index contributed by atoms with van der Waals surface area (Å²) in [7, 11) is -1.63. The average molecular weight is 480 g/mol. The minimum absolute atomic E-state index is 0. The van der Waals surface area contributed by atoms with Crippen molar-refractivity contribution in [2.75, 3.05) is 45.5 Å². The van der Waals surface area contributed by atoms with E-state index in [0.29, 0.717) is 37.0 Å². The SMILES string of the molecule is CN=C(NCCS(=O)(=O)c1ccccc1)N1CCN(C(C)=O)CC1.I. The van der Waals surface area contributed by atoms with Crippen LogP contribution in [0.15, 0.2) is 40.2 Å². The molecule has 0 aliphatic carbocycles. The Hall–Kier alpha value is -1.36. The molecule has 1 amide bonds. The number of guanidine groups is 1. The summed E-state index contributed by atoms with van der Waals surface area (Å²) < 4.78 is 24.5. The number of nitrogens with zero attached hydrogens (tertiary/aromatic N) is 3. The van der Waals surface area contributed by atoms with Crippen molar-refractivity contribution in [1.29, 1.82) is 0 Å². The fourth-order valence-corrected chi connectivity index (χ4v) is 3.79. The molecule has 1 aromatic carbocycles. The van der Waals surface area contributed by atoms with Gasteiger partial charge in [0.2, 0.25) is 5.91 Å². The molecule has 1 N–H and O–H groups in total. The summed E-state index contributed by atoms with van der Waals surface area (Å²) in [4.78, 5) is 19.7. The Morgan fingerprint density at radius 2 is 1.68 bits per heavy atom. The normalized spacial score (nSPS) is 15.5. The van der Waals surface area contributed by atoms with Gasteiger partial charge < -0.3 is 15.1 Å². The highest BCUT2D eigenvalue weighted by Gasteiger charge is 2.21. The number of carbonyl (C=O) groups excluding carboxylic acids is 1. The van der Waals surface area contributed by atoms with Gasteiger partial charge in [-0.1, -0.05) is 18.2 Å². The van der Waals surface area contributed by atoms with Gasteiger partial charge in [0.1, 0.15) is 0 Å². The predicted molar refractivity (Wildman–Crippen MR) is 109 cm³/mol. The number of hydrogen-bond donors (Lipinski definition) is 1. The first-order chi connectivity index (χ1) is 11.4. The number of benzene rings is 1. The molecule has 7 nitrogen and oxygen atoms in total. The minimum Gasteiger partial charge on any atom is -0.355 e. The number of hydrogen-bond acceptors (Lipinski definition) is 4. The van der Waals surface area contributed by atoms with Crippen molar-refractivity contribution in [3.8, 4) is 0 Å². The van der Waals surface area contributed by atoms with Gasteiger partial charge in [-0.05, 0) is 12.1 Å². The van der Waals surface area contributed by atoms with E-state index in [4.69, 9.17) is 0 Å². The number of piperazine rings is 1. The Morgan fingerprint density at radius 3 is 2.20 bits per heavy atom. The molecule has 1 heterocycles. The van der Waals surface area contributed by atoms with E-state index in [2.05, 4.69) is 10.3 Å². The maximum atomic E-state index is 12.3. The fraction of sp³-hybridized carbons (Fsp3) is 0.500. The average Bonchev–Trinajstić information content (AvgIpc) is 2.59. The van der Waals surface area contributed by atoms with Gasteiger partial charge >= 0.3 is 0 Å². The van der Waals surface area contributed by atoms with Crippen LogP contribution in [-0.4, -0.2) is 75.6 Å². The minimum atomic E-state index is -3.30. The van der Waals surface area contributed by atoms with E-state index >= 15 is 0 Å². The van der Waals surface area contributed by atoms with Crippen LogP contribution in [0.2, 0.25) is 0 Å². The Balaban J connectivity index is 0.00000312.